The Kier molecular flexibility index (Phi) is 5.19. The third-order valence-corrected chi connectivity index (χ3v) is 4.34. The molecule has 1 aromatic rings. The van der Waals surface area contributed by atoms with Crippen LogP contribution in [0.15, 0.2) is 29.2 Å². The van der Waals surface area contributed by atoms with Crippen LogP contribution in [0.4, 0.5) is 4.39 Å². The highest BCUT2D eigenvalue weighted by Crippen LogP contribution is 2.24. The van der Waals surface area contributed by atoms with Crippen LogP contribution in [0.1, 0.15) is 12.8 Å². The molecule has 1 saturated heterocycles. The number of hydrogen-bond acceptors (Lipinski definition) is 4. The Hall–Kier alpha value is -1.60. The summed E-state index contributed by atoms with van der Waals surface area (Å²) in [6.07, 6.45) is -0.633. The lowest BCUT2D eigenvalue weighted by Gasteiger charge is -2.21. The van der Waals surface area contributed by atoms with Crippen LogP contribution in [-0.4, -0.2) is 51.4 Å². The van der Waals surface area contributed by atoms with E-state index in [1.807, 2.05) is 0 Å². The number of hydrogen-bond donors (Lipinski definition) is 2. The molecule has 0 spiro atoms. The Balaban J connectivity index is 1.87. The van der Waals surface area contributed by atoms with Crippen molar-refractivity contribution in [3.8, 4) is 0 Å². The molecule has 5 nitrogen and oxygen atoms in total. The van der Waals surface area contributed by atoms with E-state index in [1.54, 1.807) is 18.2 Å². The van der Waals surface area contributed by atoms with Crippen LogP contribution in [-0.2, 0) is 9.59 Å². The number of amides is 1. The molecule has 1 aliphatic heterocycles. The van der Waals surface area contributed by atoms with Crippen LogP contribution in [0.25, 0.3) is 0 Å². The van der Waals surface area contributed by atoms with Gasteiger partial charge in [0.15, 0.2) is 0 Å². The van der Waals surface area contributed by atoms with E-state index in [-0.39, 0.29) is 31.1 Å². The van der Waals surface area contributed by atoms with Gasteiger partial charge in [-0.15, -0.1) is 11.8 Å². The number of carboxylic acids is 1. The number of aliphatic carboxylic acids is 1. The van der Waals surface area contributed by atoms with Crippen LogP contribution in [0.3, 0.4) is 0 Å². The maximum atomic E-state index is 13.4. The molecule has 114 valence electrons. The molecule has 1 aromatic carbocycles. The van der Waals surface area contributed by atoms with Crippen molar-refractivity contribution in [1.29, 1.82) is 0 Å². The molecule has 0 aromatic heterocycles. The standard InChI is InChI=1S/C14H16FNO4S/c15-10-3-1-2-4-12(10)21-6-5-13(18)16-8-9(17)7-11(16)14(19)20/h1-4,9,11,17H,5-8H2,(H,19,20)/t9-,11-/m1/s1. The monoisotopic (exact) mass is 313 g/mol. The Labute approximate surface area is 125 Å². The molecule has 1 fully saturated rings. The maximum absolute atomic E-state index is 13.4. The van der Waals surface area contributed by atoms with Gasteiger partial charge in [0, 0.05) is 30.0 Å². The van der Waals surface area contributed by atoms with Crippen LogP contribution in [0, 0.1) is 5.82 Å². The Bertz CT molecular complexity index is 539. The third kappa shape index (κ3) is 3.95. The van der Waals surface area contributed by atoms with Crippen LogP contribution in [0.5, 0.6) is 0 Å². The summed E-state index contributed by atoms with van der Waals surface area (Å²) in [6.45, 7) is 0.0418. The van der Waals surface area contributed by atoms with Crippen molar-refractivity contribution >= 4 is 23.6 Å². The maximum Gasteiger partial charge on any atom is 0.326 e. The third-order valence-electron chi connectivity index (χ3n) is 3.29. The topological polar surface area (TPSA) is 77.8 Å². The van der Waals surface area contributed by atoms with Gasteiger partial charge in [-0.1, -0.05) is 12.1 Å². The summed E-state index contributed by atoms with van der Waals surface area (Å²) < 4.78 is 13.4. The highest BCUT2D eigenvalue weighted by molar-refractivity contribution is 7.99. The number of aliphatic hydroxyl groups is 1. The first-order chi connectivity index (χ1) is 9.99. The minimum absolute atomic E-state index is 0.0418. The van der Waals surface area contributed by atoms with E-state index in [0.29, 0.717) is 10.6 Å². The van der Waals surface area contributed by atoms with E-state index in [2.05, 4.69) is 0 Å². The molecular weight excluding hydrogens is 297 g/mol. The molecule has 21 heavy (non-hydrogen) atoms. The van der Waals surface area contributed by atoms with Crippen molar-refractivity contribution in [3.63, 3.8) is 0 Å². The quantitative estimate of drug-likeness (QED) is 0.803. The van der Waals surface area contributed by atoms with E-state index in [4.69, 9.17) is 5.11 Å². The molecule has 2 rings (SSSR count). The summed E-state index contributed by atoms with van der Waals surface area (Å²) >= 11 is 1.21. The van der Waals surface area contributed by atoms with Crippen molar-refractivity contribution in [2.24, 2.45) is 0 Å². The van der Waals surface area contributed by atoms with Crippen molar-refractivity contribution in [1.82, 2.24) is 4.90 Å². The van der Waals surface area contributed by atoms with Gasteiger partial charge in [0.2, 0.25) is 5.91 Å². The molecule has 0 radical (unpaired) electrons. The van der Waals surface area contributed by atoms with Gasteiger partial charge < -0.3 is 15.1 Å². The van der Waals surface area contributed by atoms with Gasteiger partial charge in [-0.3, -0.25) is 4.79 Å². The number of carboxylic acid groups (broad SMARTS) is 1. The largest absolute Gasteiger partial charge is 0.480 e. The second-order valence-electron chi connectivity index (χ2n) is 4.82. The summed E-state index contributed by atoms with van der Waals surface area (Å²) in [6, 6.07) is 5.31. The van der Waals surface area contributed by atoms with Crippen molar-refractivity contribution < 1.29 is 24.2 Å². The summed E-state index contributed by atoms with van der Waals surface area (Å²) in [5.74, 6) is -1.42. The average Bonchev–Trinajstić information content (AvgIpc) is 2.83. The van der Waals surface area contributed by atoms with Crippen LogP contribution >= 0.6 is 11.8 Å². The first kappa shape index (κ1) is 15.8. The zero-order valence-corrected chi connectivity index (χ0v) is 12.1. The summed E-state index contributed by atoms with van der Waals surface area (Å²) in [5, 5.41) is 18.5. The highest BCUT2D eigenvalue weighted by atomic mass is 32.2. The van der Waals surface area contributed by atoms with Crippen molar-refractivity contribution in [3.05, 3.63) is 30.1 Å². The lowest BCUT2D eigenvalue weighted by Crippen LogP contribution is -2.40. The van der Waals surface area contributed by atoms with Gasteiger partial charge in [-0.05, 0) is 12.1 Å². The lowest BCUT2D eigenvalue weighted by atomic mass is 10.2. The summed E-state index contributed by atoms with van der Waals surface area (Å²) in [5.41, 5.74) is 0. The minimum atomic E-state index is -1.11. The number of β-amino-alcohol motifs (C(OH)–C–C–N with tert-alkyl or cyclic N) is 1. The zero-order chi connectivity index (χ0) is 15.4. The fourth-order valence-corrected chi connectivity index (χ4v) is 3.15. The van der Waals surface area contributed by atoms with E-state index in [1.165, 1.54) is 22.7 Å². The zero-order valence-electron chi connectivity index (χ0n) is 11.2. The number of nitrogens with zero attached hydrogens (tertiary/aromatic N) is 1. The molecule has 2 atom stereocenters. The Morgan fingerprint density at radius 1 is 1.38 bits per heavy atom. The summed E-state index contributed by atoms with van der Waals surface area (Å²) in [4.78, 5) is 24.7. The molecular formula is C14H16FNO4S. The average molecular weight is 313 g/mol. The molecule has 2 N–H and O–H groups in total. The number of aliphatic hydroxyl groups excluding tert-OH is 1. The van der Waals surface area contributed by atoms with Gasteiger partial charge in [0.1, 0.15) is 11.9 Å². The molecule has 7 heteroatoms. The molecule has 0 unspecified atom stereocenters. The van der Waals surface area contributed by atoms with Crippen LogP contribution in [0.2, 0.25) is 0 Å². The highest BCUT2D eigenvalue weighted by Gasteiger charge is 2.38. The molecule has 1 amide bonds. The number of carbonyl (C=O) groups excluding carboxylic acids is 1. The van der Waals surface area contributed by atoms with E-state index in [0.717, 1.165) is 0 Å². The minimum Gasteiger partial charge on any atom is -0.480 e. The van der Waals surface area contributed by atoms with Gasteiger partial charge >= 0.3 is 5.97 Å². The summed E-state index contributed by atoms with van der Waals surface area (Å²) in [7, 11) is 0. The molecule has 0 saturated carbocycles. The fourth-order valence-electron chi connectivity index (χ4n) is 2.28. The molecule has 1 heterocycles. The van der Waals surface area contributed by atoms with E-state index >= 15 is 0 Å². The van der Waals surface area contributed by atoms with Gasteiger partial charge in [-0.2, -0.15) is 0 Å². The number of likely N-dealkylation sites (tertiary alicyclic amines) is 1. The SMILES string of the molecule is O=C(O)[C@H]1C[C@@H](O)CN1C(=O)CCSc1ccccc1F. The first-order valence-corrected chi connectivity index (χ1v) is 7.55. The predicted molar refractivity (Wildman–Crippen MR) is 75.5 cm³/mol. The number of carbonyl (C=O) groups is 2. The smallest absolute Gasteiger partial charge is 0.326 e. The first-order valence-electron chi connectivity index (χ1n) is 6.56. The predicted octanol–water partition coefficient (Wildman–Crippen LogP) is 1.35. The van der Waals surface area contributed by atoms with Crippen molar-refractivity contribution in [2.45, 2.75) is 29.9 Å². The normalized spacial score (nSPS) is 21.5. The van der Waals surface area contributed by atoms with Crippen LogP contribution < -0.4 is 0 Å². The lowest BCUT2D eigenvalue weighted by molar-refractivity contribution is -0.148. The second-order valence-corrected chi connectivity index (χ2v) is 5.96. The molecule has 0 bridgehead atoms. The van der Waals surface area contributed by atoms with Gasteiger partial charge in [-0.25, -0.2) is 9.18 Å². The fraction of sp³-hybridized carbons (Fsp3) is 0.429. The Morgan fingerprint density at radius 2 is 2.10 bits per heavy atom. The van der Waals surface area contributed by atoms with E-state index < -0.39 is 18.1 Å². The van der Waals surface area contributed by atoms with Gasteiger partial charge in [0.05, 0.1) is 6.10 Å². The number of rotatable bonds is 5. The number of benzene rings is 1. The van der Waals surface area contributed by atoms with Gasteiger partial charge in [0.25, 0.3) is 0 Å². The Morgan fingerprint density at radius 3 is 2.76 bits per heavy atom. The number of thioether (sulfide) groups is 1. The molecule has 1 aliphatic rings. The molecule has 0 aliphatic carbocycles. The second kappa shape index (κ2) is 6.91. The van der Waals surface area contributed by atoms with E-state index in [9.17, 15) is 19.1 Å². The van der Waals surface area contributed by atoms with Crippen molar-refractivity contribution in [2.75, 3.05) is 12.3 Å². The number of halogens is 1.